The first-order valence-corrected chi connectivity index (χ1v) is 8.49. The molecule has 2 aromatic rings. The van der Waals surface area contributed by atoms with E-state index in [0.717, 1.165) is 18.8 Å². The number of pyridine rings is 1. The van der Waals surface area contributed by atoms with Crippen LogP contribution < -0.4 is 16.0 Å². The van der Waals surface area contributed by atoms with Gasteiger partial charge in [-0.25, -0.2) is 0 Å². The van der Waals surface area contributed by atoms with Crippen LogP contribution in [0, 0.1) is 16.0 Å². The first-order chi connectivity index (χ1) is 12.5. The van der Waals surface area contributed by atoms with Crippen molar-refractivity contribution in [3.05, 3.63) is 64.0 Å². The molecule has 1 aromatic carbocycles. The zero-order valence-corrected chi connectivity index (χ0v) is 16.9. The molecule has 1 aromatic heterocycles. The minimum absolute atomic E-state index is 0. The highest BCUT2D eigenvalue weighted by molar-refractivity contribution is 5.95. The number of hydrogen-bond acceptors (Lipinski definition) is 6. The molecule has 1 aliphatic heterocycles. The van der Waals surface area contributed by atoms with E-state index in [4.69, 9.17) is 0 Å². The molecule has 0 spiro atoms. The minimum Gasteiger partial charge on any atom is -0.371 e. The van der Waals surface area contributed by atoms with Crippen LogP contribution in [0.2, 0.25) is 0 Å². The lowest BCUT2D eigenvalue weighted by Crippen LogP contribution is -2.48. The second kappa shape index (κ2) is 10.8. The van der Waals surface area contributed by atoms with Crippen LogP contribution in [0.3, 0.4) is 0 Å². The number of hydrogen-bond donors (Lipinski definition) is 3. The highest BCUT2D eigenvalue weighted by Gasteiger charge is 2.21. The molecule has 2 heterocycles. The summed E-state index contributed by atoms with van der Waals surface area (Å²) >= 11 is 0. The number of rotatable bonds is 7. The van der Waals surface area contributed by atoms with E-state index in [-0.39, 0.29) is 48.0 Å². The molecule has 28 heavy (non-hydrogen) atoms. The van der Waals surface area contributed by atoms with Crippen molar-refractivity contribution in [1.82, 2.24) is 15.6 Å². The SMILES string of the molecule is CC(Nc1ccc(C(=O)NCC2CNC2)cc1[N+](=O)[O-])c1ccccn1.Cl.Cl. The van der Waals surface area contributed by atoms with Crippen LogP contribution >= 0.6 is 24.8 Å². The molecule has 0 radical (unpaired) electrons. The van der Waals surface area contributed by atoms with E-state index in [1.165, 1.54) is 6.07 Å². The van der Waals surface area contributed by atoms with E-state index < -0.39 is 4.92 Å². The van der Waals surface area contributed by atoms with Crippen LogP contribution in [0.4, 0.5) is 11.4 Å². The molecule has 1 fully saturated rings. The maximum atomic E-state index is 12.2. The van der Waals surface area contributed by atoms with E-state index >= 15 is 0 Å². The average Bonchev–Trinajstić information content (AvgIpc) is 2.61. The Balaban J connectivity index is 0.00000196. The third kappa shape index (κ3) is 5.79. The van der Waals surface area contributed by atoms with Crippen LogP contribution in [0.15, 0.2) is 42.6 Å². The van der Waals surface area contributed by atoms with E-state index in [2.05, 4.69) is 20.9 Å². The molecule has 0 bridgehead atoms. The molecule has 8 nitrogen and oxygen atoms in total. The van der Waals surface area contributed by atoms with Gasteiger partial charge in [0.1, 0.15) is 5.69 Å². The third-order valence-corrected chi connectivity index (χ3v) is 4.38. The molecular formula is C18H23Cl2N5O3. The number of nitrogens with one attached hydrogen (secondary N) is 3. The molecular weight excluding hydrogens is 405 g/mol. The van der Waals surface area contributed by atoms with E-state index in [1.54, 1.807) is 18.3 Å². The molecule has 1 aliphatic rings. The molecule has 1 unspecified atom stereocenters. The molecule has 152 valence electrons. The lowest BCUT2D eigenvalue weighted by molar-refractivity contribution is -0.384. The zero-order valence-electron chi connectivity index (χ0n) is 15.3. The first-order valence-electron chi connectivity index (χ1n) is 8.49. The van der Waals surface area contributed by atoms with Gasteiger partial charge < -0.3 is 16.0 Å². The molecule has 1 amide bonds. The van der Waals surface area contributed by atoms with Crippen molar-refractivity contribution in [3.8, 4) is 0 Å². The van der Waals surface area contributed by atoms with Crippen LogP contribution in [-0.2, 0) is 0 Å². The largest absolute Gasteiger partial charge is 0.371 e. The number of halogens is 2. The Morgan fingerprint density at radius 2 is 2.07 bits per heavy atom. The number of anilines is 1. The maximum absolute atomic E-state index is 12.2. The van der Waals surface area contributed by atoms with E-state index in [9.17, 15) is 14.9 Å². The van der Waals surface area contributed by atoms with Gasteiger partial charge in [0.25, 0.3) is 11.6 Å². The highest BCUT2D eigenvalue weighted by Crippen LogP contribution is 2.28. The summed E-state index contributed by atoms with van der Waals surface area (Å²) in [4.78, 5) is 27.4. The second-order valence-corrected chi connectivity index (χ2v) is 6.34. The topological polar surface area (TPSA) is 109 Å². The lowest BCUT2D eigenvalue weighted by Gasteiger charge is -2.27. The third-order valence-electron chi connectivity index (χ3n) is 4.38. The van der Waals surface area contributed by atoms with Gasteiger partial charge in [-0.15, -0.1) is 24.8 Å². The fraction of sp³-hybridized carbons (Fsp3) is 0.333. The van der Waals surface area contributed by atoms with Crippen LogP contribution in [-0.4, -0.2) is 35.4 Å². The predicted molar refractivity (Wildman–Crippen MR) is 113 cm³/mol. The Morgan fingerprint density at radius 3 is 2.64 bits per heavy atom. The van der Waals surface area contributed by atoms with Gasteiger partial charge in [-0.3, -0.25) is 19.9 Å². The van der Waals surface area contributed by atoms with Crippen molar-refractivity contribution in [2.24, 2.45) is 5.92 Å². The van der Waals surface area contributed by atoms with Crippen molar-refractivity contribution < 1.29 is 9.72 Å². The number of amides is 1. The summed E-state index contributed by atoms with van der Waals surface area (Å²) in [6.07, 6.45) is 1.67. The quantitative estimate of drug-likeness (QED) is 0.462. The Bertz CT molecular complexity index is 803. The van der Waals surface area contributed by atoms with Gasteiger partial charge in [-0.1, -0.05) is 6.07 Å². The van der Waals surface area contributed by atoms with E-state index in [1.807, 2.05) is 25.1 Å². The van der Waals surface area contributed by atoms with E-state index in [0.29, 0.717) is 18.2 Å². The summed E-state index contributed by atoms with van der Waals surface area (Å²) in [6.45, 7) is 4.21. The zero-order chi connectivity index (χ0) is 18.5. The van der Waals surface area contributed by atoms with Crippen molar-refractivity contribution >= 4 is 42.1 Å². The number of nitrogens with zero attached hydrogens (tertiary/aromatic N) is 2. The monoisotopic (exact) mass is 427 g/mol. The number of nitro benzene ring substituents is 1. The summed E-state index contributed by atoms with van der Waals surface area (Å²) in [5, 5.41) is 20.5. The molecule has 1 saturated heterocycles. The summed E-state index contributed by atoms with van der Waals surface area (Å²) in [7, 11) is 0. The molecule has 0 aliphatic carbocycles. The van der Waals surface area contributed by atoms with Gasteiger partial charge in [-0.05, 0) is 31.2 Å². The van der Waals surface area contributed by atoms with Gasteiger partial charge in [0.05, 0.1) is 16.7 Å². The van der Waals surface area contributed by atoms with Crippen molar-refractivity contribution in [3.63, 3.8) is 0 Å². The first kappa shape index (κ1) is 23.6. The molecule has 1 atom stereocenters. The predicted octanol–water partition coefficient (Wildman–Crippen LogP) is 2.96. The van der Waals surface area contributed by atoms with Crippen LogP contribution in [0.1, 0.15) is 29.0 Å². The van der Waals surface area contributed by atoms with Crippen LogP contribution in [0.5, 0.6) is 0 Å². The second-order valence-electron chi connectivity index (χ2n) is 6.34. The van der Waals surface area contributed by atoms with Crippen molar-refractivity contribution in [1.29, 1.82) is 0 Å². The molecule has 0 saturated carbocycles. The minimum atomic E-state index is -0.486. The van der Waals surface area contributed by atoms with Gasteiger partial charge >= 0.3 is 0 Å². The number of carbonyl (C=O) groups is 1. The van der Waals surface area contributed by atoms with Gasteiger partial charge in [0.15, 0.2) is 0 Å². The standard InChI is InChI=1S/C18H21N5O3.2ClH/c1-12(15-4-2-3-7-20-15)22-16-6-5-14(8-17(16)23(25)26)18(24)21-11-13-9-19-10-13;;/h2-8,12-13,19,22H,9-11H2,1H3,(H,21,24);2*1H. The molecule has 10 heteroatoms. The Labute approximate surface area is 175 Å². The Hall–Kier alpha value is -2.42. The molecule has 3 N–H and O–H groups in total. The Kier molecular flexibility index (Phi) is 9.11. The summed E-state index contributed by atoms with van der Waals surface area (Å²) in [6, 6.07) is 9.78. The average molecular weight is 428 g/mol. The summed E-state index contributed by atoms with van der Waals surface area (Å²) in [5.41, 5.74) is 1.27. The smallest absolute Gasteiger partial charge is 0.293 e. The fourth-order valence-electron chi connectivity index (χ4n) is 2.72. The van der Waals surface area contributed by atoms with Crippen molar-refractivity contribution in [2.75, 3.05) is 25.0 Å². The van der Waals surface area contributed by atoms with Gasteiger partial charge in [0.2, 0.25) is 0 Å². The summed E-state index contributed by atoms with van der Waals surface area (Å²) < 4.78 is 0. The number of nitro groups is 1. The summed E-state index contributed by atoms with van der Waals surface area (Å²) in [5.74, 6) is 0.124. The normalized spacial score (nSPS) is 13.9. The maximum Gasteiger partial charge on any atom is 0.293 e. The molecule has 3 rings (SSSR count). The number of benzene rings is 1. The highest BCUT2D eigenvalue weighted by atomic mass is 35.5. The Morgan fingerprint density at radius 1 is 1.32 bits per heavy atom. The van der Waals surface area contributed by atoms with Crippen LogP contribution in [0.25, 0.3) is 0 Å². The van der Waals surface area contributed by atoms with Gasteiger partial charge in [-0.2, -0.15) is 0 Å². The fourth-order valence-corrected chi connectivity index (χ4v) is 2.72. The lowest BCUT2D eigenvalue weighted by atomic mass is 10.0. The van der Waals surface area contributed by atoms with Crippen molar-refractivity contribution in [2.45, 2.75) is 13.0 Å². The number of carbonyl (C=O) groups excluding carboxylic acids is 1. The van der Waals surface area contributed by atoms with Gasteiger partial charge in [0, 0.05) is 43.4 Å². The number of aromatic nitrogens is 1.